The first-order chi connectivity index (χ1) is 8.98. The zero-order chi connectivity index (χ0) is 14.0. The van der Waals surface area contributed by atoms with E-state index >= 15 is 0 Å². The smallest absolute Gasteiger partial charge is 0.269 e. The van der Waals surface area contributed by atoms with E-state index in [-0.39, 0.29) is 17.0 Å². The minimum absolute atomic E-state index is 0.0353. The molecule has 1 aromatic carbocycles. The Hall–Kier alpha value is -1.47. The maximum absolute atomic E-state index is 13.1. The van der Waals surface area contributed by atoms with Crippen LogP contribution in [0.4, 0.5) is 4.39 Å². The van der Waals surface area contributed by atoms with Crippen LogP contribution < -0.4 is 0 Å². The summed E-state index contributed by atoms with van der Waals surface area (Å²) in [5.74, 6) is -1.26. The van der Waals surface area contributed by atoms with Crippen molar-refractivity contribution >= 4 is 15.9 Å². The summed E-state index contributed by atoms with van der Waals surface area (Å²) >= 11 is 0. The van der Waals surface area contributed by atoms with Gasteiger partial charge in [-0.05, 0) is 31.0 Å². The van der Waals surface area contributed by atoms with E-state index in [0.717, 1.165) is 16.4 Å². The quantitative estimate of drug-likeness (QED) is 0.768. The van der Waals surface area contributed by atoms with Crippen molar-refractivity contribution in [3.05, 3.63) is 29.6 Å². The number of carbonyl (C=O) groups excluding carboxylic acids is 1. The summed E-state index contributed by atoms with van der Waals surface area (Å²) < 4.78 is 43.0. The highest BCUT2D eigenvalue weighted by Gasteiger charge is 2.40. The molecule has 0 bridgehead atoms. The van der Waals surface area contributed by atoms with Crippen LogP contribution in [0, 0.1) is 5.82 Å². The first-order valence-corrected chi connectivity index (χ1v) is 7.28. The minimum atomic E-state index is -3.90. The van der Waals surface area contributed by atoms with Crippen LogP contribution in [0.5, 0.6) is 0 Å². The van der Waals surface area contributed by atoms with Gasteiger partial charge in [0.15, 0.2) is 0 Å². The van der Waals surface area contributed by atoms with Crippen LogP contribution in [0.1, 0.15) is 23.2 Å². The van der Waals surface area contributed by atoms with Crippen LogP contribution in [0.15, 0.2) is 23.1 Å². The molecule has 0 saturated heterocycles. The van der Waals surface area contributed by atoms with E-state index < -0.39 is 21.7 Å². The third-order valence-electron chi connectivity index (χ3n) is 2.93. The van der Waals surface area contributed by atoms with E-state index in [1.54, 1.807) is 7.11 Å². The first-order valence-electron chi connectivity index (χ1n) is 5.84. The average molecular weight is 287 g/mol. The Labute approximate surface area is 111 Å². The van der Waals surface area contributed by atoms with Crippen molar-refractivity contribution in [2.75, 3.05) is 20.3 Å². The molecule has 1 aliphatic heterocycles. The van der Waals surface area contributed by atoms with Crippen molar-refractivity contribution in [2.24, 2.45) is 0 Å². The van der Waals surface area contributed by atoms with E-state index in [9.17, 15) is 17.6 Å². The van der Waals surface area contributed by atoms with Crippen LogP contribution in [0.3, 0.4) is 0 Å². The van der Waals surface area contributed by atoms with E-state index in [1.807, 2.05) is 0 Å². The molecule has 1 aromatic rings. The highest BCUT2D eigenvalue weighted by molar-refractivity contribution is 7.90. The average Bonchev–Trinajstić information content (AvgIpc) is 2.54. The predicted molar refractivity (Wildman–Crippen MR) is 65.7 cm³/mol. The van der Waals surface area contributed by atoms with Gasteiger partial charge in [-0.1, -0.05) is 0 Å². The van der Waals surface area contributed by atoms with Gasteiger partial charge in [-0.25, -0.2) is 17.1 Å². The molecule has 5 nitrogen and oxygen atoms in total. The Morgan fingerprint density at radius 3 is 2.74 bits per heavy atom. The van der Waals surface area contributed by atoms with Crippen molar-refractivity contribution < 1.29 is 22.3 Å². The molecule has 0 atom stereocenters. The summed E-state index contributed by atoms with van der Waals surface area (Å²) in [7, 11) is -2.35. The molecule has 0 saturated carbocycles. The van der Waals surface area contributed by atoms with Crippen molar-refractivity contribution in [1.82, 2.24) is 4.31 Å². The van der Waals surface area contributed by atoms with Crippen molar-refractivity contribution in [3.63, 3.8) is 0 Å². The number of benzene rings is 1. The summed E-state index contributed by atoms with van der Waals surface area (Å²) in [5, 5.41) is 0. The second-order valence-corrected chi connectivity index (χ2v) is 6.05. The molecule has 19 heavy (non-hydrogen) atoms. The normalized spacial score (nSPS) is 16.7. The zero-order valence-electron chi connectivity index (χ0n) is 10.4. The van der Waals surface area contributed by atoms with Crippen LogP contribution in [0.2, 0.25) is 0 Å². The van der Waals surface area contributed by atoms with E-state index in [2.05, 4.69) is 0 Å². The summed E-state index contributed by atoms with van der Waals surface area (Å²) in [6.45, 7) is 0.588. The Balaban J connectivity index is 2.23. The second kappa shape index (κ2) is 5.26. The van der Waals surface area contributed by atoms with Gasteiger partial charge < -0.3 is 4.74 Å². The Morgan fingerprint density at radius 1 is 1.32 bits per heavy atom. The monoisotopic (exact) mass is 287 g/mol. The number of ether oxygens (including phenoxy) is 1. The van der Waals surface area contributed by atoms with Crippen molar-refractivity contribution in [3.8, 4) is 0 Å². The number of hydrogen-bond acceptors (Lipinski definition) is 4. The maximum atomic E-state index is 13.1. The Kier molecular flexibility index (Phi) is 3.86. The lowest BCUT2D eigenvalue weighted by atomic mass is 10.2. The van der Waals surface area contributed by atoms with Crippen molar-refractivity contribution in [2.45, 2.75) is 17.7 Å². The fraction of sp³-hybridized carbons (Fsp3) is 0.417. The fourth-order valence-corrected chi connectivity index (χ4v) is 3.59. The van der Waals surface area contributed by atoms with E-state index in [1.165, 1.54) is 6.07 Å². The highest BCUT2D eigenvalue weighted by Crippen LogP contribution is 2.30. The number of carbonyl (C=O) groups is 1. The molecule has 1 heterocycles. The number of nitrogens with zero attached hydrogens (tertiary/aromatic N) is 1. The lowest BCUT2D eigenvalue weighted by Crippen LogP contribution is -2.31. The number of halogens is 1. The van der Waals surface area contributed by atoms with Gasteiger partial charge in [0.05, 0.1) is 5.56 Å². The molecule has 0 N–H and O–H groups in total. The molecule has 7 heteroatoms. The molecule has 0 fully saturated rings. The van der Waals surface area contributed by atoms with Gasteiger partial charge in [0.2, 0.25) is 0 Å². The largest absolute Gasteiger partial charge is 0.385 e. The molecule has 2 rings (SSSR count). The molecular weight excluding hydrogens is 273 g/mol. The predicted octanol–water partition coefficient (Wildman–Crippen LogP) is 1.40. The van der Waals surface area contributed by atoms with Gasteiger partial charge in [-0.2, -0.15) is 0 Å². The van der Waals surface area contributed by atoms with Gasteiger partial charge >= 0.3 is 0 Å². The SMILES string of the molecule is COCCCCN1C(=O)c2ccc(F)cc2S1(=O)=O. The molecule has 0 aliphatic carbocycles. The van der Waals surface area contributed by atoms with Gasteiger partial charge in [0.1, 0.15) is 10.7 Å². The lowest BCUT2D eigenvalue weighted by Gasteiger charge is -2.14. The van der Waals surface area contributed by atoms with Crippen LogP contribution >= 0.6 is 0 Å². The number of methoxy groups -OCH3 is 1. The van der Waals surface area contributed by atoms with Crippen LogP contribution in [-0.2, 0) is 14.8 Å². The zero-order valence-corrected chi connectivity index (χ0v) is 11.2. The topological polar surface area (TPSA) is 63.7 Å². The Bertz CT molecular complexity index is 600. The second-order valence-electron chi connectivity index (χ2n) is 4.22. The first kappa shape index (κ1) is 14.0. The van der Waals surface area contributed by atoms with Gasteiger partial charge in [-0.15, -0.1) is 0 Å². The maximum Gasteiger partial charge on any atom is 0.269 e. The number of unbranched alkanes of at least 4 members (excludes halogenated alkanes) is 1. The summed E-state index contributed by atoms with van der Waals surface area (Å²) in [6.07, 6.45) is 1.16. The molecular formula is C12H14FNO4S. The number of sulfonamides is 1. The standard InChI is InChI=1S/C12H14FNO4S/c1-18-7-3-2-6-14-12(15)10-5-4-9(13)8-11(10)19(14,16)17/h4-5,8H,2-3,6-7H2,1H3. The molecule has 104 valence electrons. The fourth-order valence-electron chi connectivity index (χ4n) is 1.97. The molecule has 0 aromatic heterocycles. The number of hydrogen-bond donors (Lipinski definition) is 0. The van der Waals surface area contributed by atoms with Crippen LogP contribution in [-0.4, -0.2) is 38.9 Å². The van der Waals surface area contributed by atoms with Crippen molar-refractivity contribution in [1.29, 1.82) is 0 Å². The van der Waals surface area contributed by atoms with Crippen LogP contribution in [0.25, 0.3) is 0 Å². The third kappa shape index (κ3) is 2.48. The molecule has 1 aliphatic rings. The Morgan fingerprint density at radius 2 is 2.05 bits per heavy atom. The third-order valence-corrected chi connectivity index (χ3v) is 4.75. The molecule has 0 radical (unpaired) electrons. The number of amides is 1. The molecule has 0 unspecified atom stereocenters. The molecule has 0 spiro atoms. The minimum Gasteiger partial charge on any atom is -0.385 e. The van der Waals surface area contributed by atoms with E-state index in [0.29, 0.717) is 19.4 Å². The summed E-state index contributed by atoms with van der Waals surface area (Å²) in [6, 6.07) is 3.18. The summed E-state index contributed by atoms with van der Waals surface area (Å²) in [4.78, 5) is 11.7. The molecule has 1 amide bonds. The summed E-state index contributed by atoms with van der Waals surface area (Å²) in [5.41, 5.74) is 0.0353. The van der Waals surface area contributed by atoms with Gasteiger partial charge in [0, 0.05) is 20.3 Å². The lowest BCUT2D eigenvalue weighted by molar-refractivity contribution is 0.0866. The van der Waals surface area contributed by atoms with Gasteiger partial charge in [-0.3, -0.25) is 4.79 Å². The number of rotatable bonds is 5. The van der Waals surface area contributed by atoms with Gasteiger partial charge in [0.25, 0.3) is 15.9 Å². The number of fused-ring (bicyclic) bond motifs is 1. The van der Waals surface area contributed by atoms with E-state index in [4.69, 9.17) is 4.74 Å². The highest BCUT2D eigenvalue weighted by atomic mass is 32.2.